The number of unbranched alkanes of at least 4 members (excludes halogenated alkanes) is 1. The predicted molar refractivity (Wildman–Crippen MR) is 88.4 cm³/mol. The normalized spacial score (nSPS) is 16.9. The van der Waals surface area contributed by atoms with Crippen LogP contribution in [-0.2, 0) is 4.74 Å². The molecule has 0 N–H and O–H groups in total. The second-order valence-corrected chi connectivity index (χ2v) is 6.04. The first-order chi connectivity index (χ1) is 10.2. The van der Waals surface area contributed by atoms with Crippen molar-refractivity contribution in [2.45, 2.75) is 71.2 Å². The summed E-state index contributed by atoms with van der Waals surface area (Å²) in [6.45, 7) is 8.18. The fraction of sp³-hybridized carbons (Fsp3) is 0.579. The smallest absolute Gasteiger partial charge is 0.200 e. The van der Waals surface area contributed by atoms with Crippen LogP contribution in [0.3, 0.4) is 0 Å². The molecule has 0 aromatic heterocycles. The van der Waals surface area contributed by atoms with E-state index in [4.69, 9.17) is 9.47 Å². The highest BCUT2D eigenvalue weighted by Crippen LogP contribution is 2.25. The summed E-state index contributed by atoms with van der Waals surface area (Å²) in [5.74, 6) is 0.888. The number of ether oxygens (including phenoxy) is 2. The zero-order chi connectivity index (χ0) is 15.1. The van der Waals surface area contributed by atoms with Crippen LogP contribution in [-0.4, -0.2) is 12.4 Å². The Morgan fingerprint density at radius 3 is 2.48 bits per heavy atom. The lowest BCUT2D eigenvalue weighted by Crippen LogP contribution is -2.25. The van der Waals surface area contributed by atoms with Crippen molar-refractivity contribution >= 4 is 5.57 Å². The zero-order valence-electron chi connectivity index (χ0n) is 13.4. The second-order valence-electron chi connectivity index (χ2n) is 6.04. The fourth-order valence-corrected chi connectivity index (χ4v) is 2.73. The first-order valence-electron chi connectivity index (χ1n) is 8.27. The van der Waals surface area contributed by atoms with Crippen molar-refractivity contribution in [2.24, 2.45) is 0 Å². The molecule has 0 radical (unpaired) electrons. The molecular formula is C19H28O2. The van der Waals surface area contributed by atoms with E-state index in [0.29, 0.717) is 6.10 Å². The maximum absolute atomic E-state index is 6.16. The van der Waals surface area contributed by atoms with E-state index in [1.807, 2.05) is 19.1 Å². The molecule has 1 aromatic rings. The Balaban J connectivity index is 1.94. The van der Waals surface area contributed by atoms with Crippen LogP contribution in [0.5, 0.6) is 5.75 Å². The lowest BCUT2D eigenvalue weighted by molar-refractivity contribution is -0.121. The van der Waals surface area contributed by atoms with E-state index in [1.165, 1.54) is 32.1 Å². The largest absolute Gasteiger partial charge is 0.465 e. The average Bonchev–Trinajstić information content (AvgIpc) is 2.98. The highest BCUT2D eigenvalue weighted by molar-refractivity contribution is 5.61. The number of hydrogen-bond acceptors (Lipinski definition) is 2. The van der Waals surface area contributed by atoms with Crippen molar-refractivity contribution in [3.05, 3.63) is 36.4 Å². The Morgan fingerprint density at radius 2 is 1.90 bits per heavy atom. The lowest BCUT2D eigenvalue weighted by Gasteiger charge is -2.23. The van der Waals surface area contributed by atoms with Crippen molar-refractivity contribution in [3.8, 4) is 5.75 Å². The molecule has 0 spiro atoms. The molecule has 0 saturated heterocycles. The molecule has 21 heavy (non-hydrogen) atoms. The zero-order valence-corrected chi connectivity index (χ0v) is 13.4. The molecule has 116 valence electrons. The van der Waals surface area contributed by atoms with Crippen molar-refractivity contribution in [3.63, 3.8) is 0 Å². The molecule has 1 aliphatic carbocycles. The quantitative estimate of drug-likeness (QED) is 0.582. The van der Waals surface area contributed by atoms with E-state index in [9.17, 15) is 0 Å². The fourth-order valence-electron chi connectivity index (χ4n) is 2.73. The van der Waals surface area contributed by atoms with Crippen molar-refractivity contribution in [1.82, 2.24) is 0 Å². The molecule has 1 aliphatic rings. The Bertz CT molecular complexity index is 429. The van der Waals surface area contributed by atoms with Gasteiger partial charge in [0.2, 0.25) is 0 Å². The minimum atomic E-state index is -0.108. The third-order valence-electron chi connectivity index (χ3n) is 4.05. The van der Waals surface area contributed by atoms with Gasteiger partial charge in [0.1, 0.15) is 5.75 Å². The number of hydrogen-bond donors (Lipinski definition) is 0. The number of benzene rings is 1. The van der Waals surface area contributed by atoms with Crippen LogP contribution in [0.2, 0.25) is 0 Å². The molecule has 0 bridgehead atoms. The molecule has 1 saturated carbocycles. The second kappa shape index (κ2) is 8.23. The van der Waals surface area contributed by atoms with Gasteiger partial charge in [-0.15, -0.1) is 0 Å². The third-order valence-corrected chi connectivity index (χ3v) is 4.05. The van der Waals surface area contributed by atoms with Crippen molar-refractivity contribution in [1.29, 1.82) is 0 Å². The first kappa shape index (κ1) is 16.1. The summed E-state index contributed by atoms with van der Waals surface area (Å²) in [5, 5.41) is 0. The maximum atomic E-state index is 6.16. The molecule has 2 nitrogen and oxygen atoms in total. The van der Waals surface area contributed by atoms with Gasteiger partial charge >= 0.3 is 0 Å². The van der Waals surface area contributed by atoms with E-state index < -0.39 is 0 Å². The molecule has 2 rings (SSSR count). The summed E-state index contributed by atoms with van der Waals surface area (Å²) in [7, 11) is 0. The lowest BCUT2D eigenvalue weighted by atomic mass is 10.1. The molecule has 0 heterocycles. The highest BCUT2D eigenvalue weighted by Gasteiger charge is 2.21. The van der Waals surface area contributed by atoms with Crippen LogP contribution < -0.4 is 4.74 Å². The molecule has 1 atom stereocenters. The summed E-state index contributed by atoms with van der Waals surface area (Å²) in [6.07, 6.45) is 8.50. The summed E-state index contributed by atoms with van der Waals surface area (Å²) in [5.41, 5.74) is 2.23. The van der Waals surface area contributed by atoms with Gasteiger partial charge in [0.05, 0.1) is 6.10 Å². The van der Waals surface area contributed by atoms with Crippen molar-refractivity contribution in [2.75, 3.05) is 0 Å². The number of rotatable bonds is 8. The maximum Gasteiger partial charge on any atom is 0.200 e. The average molecular weight is 288 g/mol. The van der Waals surface area contributed by atoms with Gasteiger partial charge in [0.15, 0.2) is 6.29 Å². The highest BCUT2D eigenvalue weighted by atomic mass is 16.7. The van der Waals surface area contributed by atoms with E-state index in [-0.39, 0.29) is 6.29 Å². The van der Waals surface area contributed by atoms with Gasteiger partial charge in [-0.05, 0) is 43.9 Å². The van der Waals surface area contributed by atoms with Crippen LogP contribution in [0, 0.1) is 0 Å². The van der Waals surface area contributed by atoms with Crippen LogP contribution >= 0.6 is 0 Å². The Morgan fingerprint density at radius 1 is 1.24 bits per heavy atom. The SMILES string of the molecule is C=C(C)c1ccc(OC(CCCC)OC2CCCC2)cc1. The Labute approximate surface area is 129 Å². The van der Waals surface area contributed by atoms with Crippen LogP contribution in [0.1, 0.15) is 64.4 Å². The van der Waals surface area contributed by atoms with Crippen LogP contribution in [0.15, 0.2) is 30.8 Å². The standard InChI is InChI=1S/C19H28O2/c1-4-5-10-19(20-17-8-6-7-9-17)21-18-13-11-16(12-14-18)15(2)3/h11-14,17,19H,2,4-10H2,1,3H3. The molecule has 1 fully saturated rings. The minimum Gasteiger partial charge on any atom is -0.465 e. The van der Waals surface area contributed by atoms with E-state index >= 15 is 0 Å². The summed E-state index contributed by atoms with van der Waals surface area (Å²) < 4.78 is 12.2. The molecule has 2 heteroatoms. The van der Waals surface area contributed by atoms with E-state index in [0.717, 1.165) is 29.7 Å². The molecule has 1 unspecified atom stereocenters. The molecular weight excluding hydrogens is 260 g/mol. The molecule has 1 aromatic carbocycles. The summed E-state index contributed by atoms with van der Waals surface area (Å²) in [4.78, 5) is 0. The minimum absolute atomic E-state index is 0.108. The topological polar surface area (TPSA) is 18.5 Å². The Kier molecular flexibility index (Phi) is 6.31. The Hall–Kier alpha value is -1.28. The van der Waals surface area contributed by atoms with Gasteiger partial charge in [-0.3, -0.25) is 0 Å². The van der Waals surface area contributed by atoms with E-state index in [1.54, 1.807) is 0 Å². The van der Waals surface area contributed by atoms with Crippen molar-refractivity contribution < 1.29 is 9.47 Å². The first-order valence-corrected chi connectivity index (χ1v) is 8.27. The monoisotopic (exact) mass is 288 g/mol. The van der Waals surface area contributed by atoms with Gasteiger partial charge < -0.3 is 9.47 Å². The third kappa shape index (κ3) is 5.20. The van der Waals surface area contributed by atoms with Gasteiger partial charge in [0.25, 0.3) is 0 Å². The molecule has 0 amide bonds. The predicted octanol–water partition coefficient (Wildman–Crippen LogP) is 5.57. The summed E-state index contributed by atoms with van der Waals surface area (Å²) >= 11 is 0. The van der Waals surface area contributed by atoms with Gasteiger partial charge in [0, 0.05) is 6.42 Å². The van der Waals surface area contributed by atoms with Gasteiger partial charge in [-0.25, -0.2) is 0 Å². The van der Waals surface area contributed by atoms with Crippen LogP contribution in [0.4, 0.5) is 0 Å². The number of allylic oxidation sites excluding steroid dienone is 1. The summed E-state index contributed by atoms with van der Waals surface area (Å²) in [6, 6.07) is 8.15. The van der Waals surface area contributed by atoms with Gasteiger partial charge in [-0.2, -0.15) is 0 Å². The van der Waals surface area contributed by atoms with E-state index in [2.05, 4.69) is 25.6 Å². The molecule has 0 aliphatic heterocycles. The van der Waals surface area contributed by atoms with Crippen LogP contribution in [0.25, 0.3) is 5.57 Å². The van der Waals surface area contributed by atoms with Gasteiger partial charge in [-0.1, -0.05) is 50.5 Å².